The Kier molecular flexibility index (Phi) is 5.66. The van der Waals surface area contributed by atoms with Gasteiger partial charge in [-0.15, -0.1) is 0 Å². The van der Waals surface area contributed by atoms with Gasteiger partial charge in [-0.25, -0.2) is 0 Å². The van der Waals surface area contributed by atoms with Crippen molar-refractivity contribution in [2.75, 3.05) is 7.11 Å². The Labute approximate surface area is 157 Å². The number of furan rings is 1. The molecule has 0 saturated heterocycles. The average molecular weight is 423 g/mol. The van der Waals surface area contributed by atoms with Gasteiger partial charge in [0.05, 0.1) is 23.5 Å². The van der Waals surface area contributed by atoms with Gasteiger partial charge in [-0.2, -0.15) is 0 Å². The van der Waals surface area contributed by atoms with Gasteiger partial charge in [-0.05, 0) is 52.3 Å². The van der Waals surface area contributed by atoms with Crippen molar-refractivity contribution in [2.24, 2.45) is 4.99 Å². The molecule has 0 amide bonds. The summed E-state index contributed by atoms with van der Waals surface area (Å²) in [5.41, 5.74) is 0.800. The molecule has 1 heterocycles. The Bertz CT molecular complexity index is 862. The summed E-state index contributed by atoms with van der Waals surface area (Å²) in [5.74, 6) is 1.44. The van der Waals surface area contributed by atoms with Crippen LogP contribution in [0, 0.1) is 0 Å². The molecule has 2 aromatic carbocycles. The van der Waals surface area contributed by atoms with Crippen LogP contribution in [0.2, 0.25) is 5.02 Å². The Morgan fingerprint density at radius 3 is 2.71 bits per heavy atom. The fourth-order valence-corrected chi connectivity index (χ4v) is 3.40. The third kappa shape index (κ3) is 4.44. The van der Waals surface area contributed by atoms with Crippen molar-refractivity contribution in [3.05, 3.63) is 69.9 Å². The van der Waals surface area contributed by atoms with Crippen molar-refractivity contribution in [3.8, 4) is 5.75 Å². The highest BCUT2D eigenvalue weighted by molar-refractivity contribution is 9.10. The summed E-state index contributed by atoms with van der Waals surface area (Å²) in [5, 5.41) is 1.48. The maximum absolute atomic E-state index is 5.90. The molecule has 3 nitrogen and oxygen atoms in total. The standard InChI is InChI=1S/C18H13BrClNO2S/c1-22-14-4-2-3-13(9-14)21-11-15-10-17(19)18(23-15)24-16-7-5-12(20)6-8-16/h2-11H,1H3. The smallest absolute Gasteiger partial charge is 0.179 e. The Morgan fingerprint density at radius 1 is 1.17 bits per heavy atom. The van der Waals surface area contributed by atoms with E-state index in [-0.39, 0.29) is 0 Å². The predicted molar refractivity (Wildman–Crippen MR) is 102 cm³/mol. The molecule has 0 atom stereocenters. The van der Waals surface area contributed by atoms with E-state index in [9.17, 15) is 0 Å². The number of rotatable bonds is 5. The number of nitrogens with zero attached hydrogens (tertiary/aromatic N) is 1. The summed E-state index contributed by atoms with van der Waals surface area (Å²) >= 11 is 10.9. The molecule has 0 unspecified atom stereocenters. The first kappa shape index (κ1) is 17.1. The van der Waals surface area contributed by atoms with Gasteiger partial charge in [0.2, 0.25) is 0 Å². The fourth-order valence-electron chi connectivity index (χ4n) is 1.94. The van der Waals surface area contributed by atoms with Gasteiger partial charge >= 0.3 is 0 Å². The number of ether oxygens (including phenoxy) is 1. The van der Waals surface area contributed by atoms with Gasteiger partial charge in [0.15, 0.2) is 5.09 Å². The third-order valence-corrected chi connectivity index (χ3v) is 5.19. The van der Waals surface area contributed by atoms with Crippen molar-refractivity contribution in [3.63, 3.8) is 0 Å². The summed E-state index contributed by atoms with van der Waals surface area (Å²) < 4.78 is 11.9. The van der Waals surface area contributed by atoms with Crippen LogP contribution in [-0.4, -0.2) is 13.3 Å². The molecule has 0 aliphatic rings. The summed E-state index contributed by atoms with van der Waals surface area (Å²) in [6, 6.07) is 17.0. The monoisotopic (exact) mass is 421 g/mol. The van der Waals surface area contributed by atoms with Gasteiger partial charge < -0.3 is 9.15 Å². The lowest BCUT2D eigenvalue weighted by Gasteiger charge is -1.99. The molecule has 1 aromatic heterocycles. The van der Waals surface area contributed by atoms with Crippen LogP contribution in [0.1, 0.15) is 5.76 Å². The first-order valence-corrected chi connectivity index (χ1v) is 9.03. The van der Waals surface area contributed by atoms with E-state index in [4.69, 9.17) is 20.8 Å². The highest BCUT2D eigenvalue weighted by Gasteiger charge is 2.09. The molecule has 6 heteroatoms. The van der Waals surface area contributed by atoms with Crippen molar-refractivity contribution in [2.45, 2.75) is 9.99 Å². The third-order valence-electron chi connectivity index (χ3n) is 3.09. The quantitative estimate of drug-likeness (QED) is 0.434. The van der Waals surface area contributed by atoms with Crippen molar-refractivity contribution < 1.29 is 9.15 Å². The number of hydrogen-bond acceptors (Lipinski definition) is 4. The summed E-state index contributed by atoms with van der Waals surface area (Å²) in [4.78, 5) is 5.46. The molecule has 0 fully saturated rings. The summed E-state index contributed by atoms with van der Waals surface area (Å²) in [7, 11) is 1.63. The van der Waals surface area contributed by atoms with Gasteiger partial charge in [-0.3, -0.25) is 4.99 Å². The maximum Gasteiger partial charge on any atom is 0.179 e. The van der Waals surface area contributed by atoms with Gasteiger partial charge in [0, 0.05) is 22.1 Å². The van der Waals surface area contributed by atoms with Gasteiger partial charge in [-0.1, -0.05) is 29.4 Å². The van der Waals surface area contributed by atoms with E-state index in [1.807, 2.05) is 54.6 Å². The second kappa shape index (κ2) is 7.92. The van der Waals surface area contributed by atoms with Crippen LogP contribution >= 0.6 is 39.3 Å². The van der Waals surface area contributed by atoms with Gasteiger partial charge in [0.1, 0.15) is 11.5 Å². The molecule has 0 aliphatic carbocycles. The van der Waals surface area contributed by atoms with Crippen LogP contribution in [0.25, 0.3) is 0 Å². The van der Waals surface area contributed by atoms with E-state index >= 15 is 0 Å². The van der Waals surface area contributed by atoms with E-state index in [2.05, 4.69) is 20.9 Å². The minimum absolute atomic E-state index is 0.668. The first-order valence-electron chi connectivity index (χ1n) is 7.05. The number of halogens is 2. The lowest BCUT2D eigenvalue weighted by molar-refractivity contribution is 0.415. The van der Waals surface area contributed by atoms with E-state index in [0.29, 0.717) is 10.8 Å². The van der Waals surface area contributed by atoms with Crippen LogP contribution in [0.5, 0.6) is 5.75 Å². The molecule has 24 heavy (non-hydrogen) atoms. The zero-order valence-electron chi connectivity index (χ0n) is 12.7. The molecule has 0 saturated carbocycles. The molecule has 0 bridgehead atoms. The van der Waals surface area contributed by atoms with Crippen LogP contribution in [0.4, 0.5) is 5.69 Å². The molecular weight excluding hydrogens is 410 g/mol. The summed E-state index contributed by atoms with van der Waals surface area (Å²) in [6.07, 6.45) is 1.69. The first-order chi connectivity index (χ1) is 11.6. The fraction of sp³-hybridized carbons (Fsp3) is 0.0556. The Hall–Kier alpha value is -1.69. The largest absolute Gasteiger partial charge is 0.497 e. The number of aliphatic imine (C=N–C) groups is 1. The van der Waals surface area contributed by atoms with Crippen LogP contribution in [-0.2, 0) is 0 Å². The number of methoxy groups -OCH3 is 1. The molecule has 0 N–H and O–H groups in total. The molecule has 3 rings (SSSR count). The van der Waals surface area contributed by atoms with E-state index in [1.165, 1.54) is 11.8 Å². The maximum atomic E-state index is 5.90. The molecular formula is C18H13BrClNO2S. The predicted octanol–water partition coefficient (Wildman–Crippen LogP) is 6.61. The average Bonchev–Trinajstić information content (AvgIpc) is 2.95. The number of hydrogen-bond donors (Lipinski definition) is 0. The SMILES string of the molecule is COc1cccc(N=Cc2cc(Br)c(Sc3ccc(Cl)cc3)o2)c1. The topological polar surface area (TPSA) is 34.7 Å². The van der Waals surface area contributed by atoms with Crippen LogP contribution in [0.15, 0.2) is 78.5 Å². The van der Waals surface area contributed by atoms with E-state index in [1.54, 1.807) is 13.3 Å². The van der Waals surface area contributed by atoms with Crippen LogP contribution in [0.3, 0.4) is 0 Å². The highest BCUT2D eigenvalue weighted by atomic mass is 79.9. The molecule has 122 valence electrons. The highest BCUT2D eigenvalue weighted by Crippen LogP contribution is 2.36. The van der Waals surface area contributed by atoms with Crippen molar-refractivity contribution in [1.82, 2.24) is 0 Å². The Balaban J connectivity index is 1.75. The van der Waals surface area contributed by atoms with Crippen molar-refractivity contribution in [1.29, 1.82) is 0 Å². The number of benzene rings is 2. The lowest BCUT2D eigenvalue weighted by Crippen LogP contribution is -1.81. The molecule has 0 radical (unpaired) electrons. The lowest BCUT2D eigenvalue weighted by atomic mass is 10.3. The minimum Gasteiger partial charge on any atom is -0.497 e. The van der Waals surface area contributed by atoms with E-state index < -0.39 is 0 Å². The Morgan fingerprint density at radius 2 is 1.96 bits per heavy atom. The normalized spacial score (nSPS) is 11.1. The second-order valence-electron chi connectivity index (χ2n) is 4.80. The molecule has 0 aliphatic heterocycles. The zero-order chi connectivity index (χ0) is 16.9. The summed E-state index contributed by atoms with van der Waals surface area (Å²) in [6.45, 7) is 0. The van der Waals surface area contributed by atoms with Crippen molar-refractivity contribution >= 4 is 51.2 Å². The second-order valence-corrected chi connectivity index (χ2v) is 7.14. The molecule has 0 spiro atoms. The van der Waals surface area contributed by atoms with E-state index in [0.717, 1.165) is 25.9 Å². The van der Waals surface area contributed by atoms with Crippen LogP contribution < -0.4 is 4.74 Å². The molecule has 3 aromatic rings. The van der Waals surface area contributed by atoms with Gasteiger partial charge in [0.25, 0.3) is 0 Å². The minimum atomic E-state index is 0.668. The zero-order valence-corrected chi connectivity index (χ0v) is 15.9.